The summed E-state index contributed by atoms with van der Waals surface area (Å²) in [6, 6.07) is 17.3. The van der Waals surface area contributed by atoms with Crippen molar-refractivity contribution in [2.24, 2.45) is 10.7 Å². The van der Waals surface area contributed by atoms with Gasteiger partial charge in [-0.1, -0.05) is 42.5 Å². The molecule has 2 rings (SSSR count). The molecule has 0 bridgehead atoms. The molecule has 2 aromatic rings. The molecule has 5 nitrogen and oxygen atoms in total. The lowest BCUT2D eigenvalue weighted by Gasteiger charge is -2.08. The van der Waals surface area contributed by atoms with Gasteiger partial charge in [0.1, 0.15) is 5.84 Å². The van der Waals surface area contributed by atoms with Gasteiger partial charge in [-0.05, 0) is 49.4 Å². The molecular weight excluding hydrogens is 312 g/mol. The van der Waals surface area contributed by atoms with E-state index >= 15 is 0 Å². The molecule has 4 N–H and O–H groups in total. The molecule has 0 fully saturated rings. The van der Waals surface area contributed by atoms with Crippen molar-refractivity contribution >= 4 is 23.1 Å². The van der Waals surface area contributed by atoms with Gasteiger partial charge in [0.2, 0.25) is 0 Å². The summed E-state index contributed by atoms with van der Waals surface area (Å²) >= 11 is 0. The normalized spacial score (nSPS) is 11.2. The van der Waals surface area contributed by atoms with E-state index < -0.39 is 5.91 Å². The van der Waals surface area contributed by atoms with Gasteiger partial charge in [0, 0.05) is 6.54 Å². The first-order valence-corrected chi connectivity index (χ1v) is 8.39. The van der Waals surface area contributed by atoms with Gasteiger partial charge >= 0.3 is 0 Å². The lowest BCUT2D eigenvalue weighted by molar-refractivity contribution is -0.114. The zero-order valence-electron chi connectivity index (χ0n) is 14.5. The molecule has 0 aliphatic rings. The number of nitrogens with zero attached hydrogens (tertiary/aromatic N) is 1. The first-order chi connectivity index (χ1) is 12.1. The Labute approximate surface area is 148 Å². The van der Waals surface area contributed by atoms with Crippen LogP contribution in [0.5, 0.6) is 0 Å². The third kappa shape index (κ3) is 5.88. The van der Waals surface area contributed by atoms with Crippen molar-refractivity contribution in [1.29, 1.82) is 5.41 Å². The van der Waals surface area contributed by atoms with Gasteiger partial charge in [0.25, 0.3) is 5.91 Å². The Bertz CT molecular complexity index is 753. The Morgan fingerprint density at radius 2 is 1.76 bits per heavy atom. The molecule has 2 aromatic carbocycles. The summed E-state index contributed by atoms with van der Waals surface area (Å²) in [5.41, 5.74) is 8.68. The molecule has 0 aliphatic carbocycles. The molecule has 0 spiro atoms. The number of benzene rings is 2. The fraction of sp³-hybridized carbons (Fsp3) is 0.250. The zero-order chi connectivity index (χ0) is 18.1. The highest BCUT2D eigenvalue weighted by atomic mass is 16.1. The SMILES string of the molecule is Cc1ccccc1CCCCNC(=O)C(=Nc1ccccc1)C(=N)N. The smallest absolute Gasteiger partial charge is 0.273 e. The number of unbranched alkanes of at least 4 members (excludes halogenated alkanes) is 1. The van der Waals surface area contributed by atoms with Crippen LogP contribution >= 0.6 is 0 Å². The maximum Gasteiger partial charge on any atom is 0.273 e. The molecule has 0 atom stereocenters. The molecule has 0 aromatic heterocycles. The van der Waals surface area contributed by atoms with Crippen LogP contribution in [0.15, 0.2) is 59.6 Å². The van der Waals surface area contributed by atoms with Crippen LogP contribution < -0.4 is 11.1 Å². The van der Waals surface area contributed by atoms with Gasteiger partial charge in [-0.2, -0.15) is 0 Å². The minimum atomic E-state index is -0.410. The molecule has 0 unspecified atom stereocenters. The maximum absolute atomic E-state index is 12.2. The number of rotatable bonds is 8. The molecule has 0 saturated heterocycles. The lowest BCUT2D eigenvalue weighted by atomic mass is 10.0. The number of hydrogen-bond donors (Lipinski definition) is 3. The third-order valence-corrected chi connectivity index (χ3v) is 3.89. The van der Waals surface area contributed by atoms with Crippen LogP contribution in [-0.2, 0) is 11.2 Å². The number of carbonyl (C=O) groups is 1. The Balaban J connectivity index is 1.83. The highest BCUT2D eigenvalue weighted by Crippen LogP contribution is 2.11. The van der Waals surface area contributed by atoms with Crippen molar-refractivity contribution in [2.45, 2.75) is 26.2 Å². The zero-order valence-corrected chi connectivity index (χ0v) is 14.5. The van der Waals surface area contributed by atoms with Crippen molar-refractivity contribution in [1.82, 2.24) is 5.32 Å². The number of hydrogen-bond acceptors (Lipinski definition) is 3. The average Bonchev–Trinajstić information content (AvgIpc) is 2.61. The van der Waals surface area contributed by atoms with Gasteiger partial charge in [-0.25, -0.2) is 4.99 Å². The van der Waals surface area contributed by atoms with Gasteiger partial charge < -0.3 is 11.1 Å². The first kappa shape index (κ1) is 18.4. The first-order valence-electron chi connectivity index (χ1n) is 8.39. The highest BCUT2D eigenvalue weighted by Gasteiger charge is 2.14. The topological polar surface area (TPSA) is 91.3 Å². The summed E-state index contributed by atoms with van der Waals surface area (Å²) in [5.74, 6) is -0.742. The molecule has 0 saturated carbocycles. The second-order valence-electron chi connectivity index (χ2n) is 5.85. The number of aryl methyl sites for hydroxylation is 2. The van der Waals surface area contributed by atoms with Crippen LogP contribution in [0.2, 0.25) is 0 Å². The molecular formula is C20H24N4O. The van der Waals surface area contributed by atoms with Gasteiger partial charge in [0.05, 0.1) is 5.69 Å². The van der Waals surface area contributed by atoms with Crippen molar-refractivity contribution in [3.05, 3.63) is 65.7 Å². The van der Waals surface area contributed by atoms with Crippen molar-refractivity contribution in [2.75, 3.05) is 6.54 Å². The molecule has 0 heterocycles. The van der Waals surface area contributed by atoms with Crippen LogP contribution in [0.4, 0.5) is 5.69 Å². The summed E-state index contributed by atoms with van der Waals surface area (Å²) in [7, 11) is 0. The van der Waals surface area contributed by atoms with Gasteiger partial charge in [-0.3, -0.25) is 10.2 Å². The van der Waals surface area contributed by atoms with Crippen molar-refractivity contribution in [3.8, 4) is 0 Å². The monoisotopic (exact) mass is 336 g/mol. The Morgan fingerprint density at radius 3 is 2.44 bits per heavy atom. The number of aliphatic imine (C=N–C) groups is 1. The minimum Gasteiger partial charge on any atom is -0.382 e. The Hall–Kier alpha value is -2.95. The van der Waals surface area contributed by atoms with Crippen LogP contribution in [0, 0.1) is 12.3 Å². The van der Waals surface area contributed by atoms with E-state index in [0.717, 1.165) is 19.3 Å². The van der Waals surface area contributed by atoms with Crippen LogP contribution in [0.3, 0.4) is 0 Å². The number of amides is 1. The fourth-order valence-electron chi connectivity index (χ4n) is 2.48. The maximum atomic E-state index is 12.2. The van der Waals surface area contributed by atoms with Gasteiger partial charge in [0.15, 0.2) is 5.71 Å². The number of nitrogens with one attached hydrogen (secondary N) is 2. The third-order valence-electron chi connectivity index (χ3n) is 3.89. The fourth-order valence-corrected chi connectivity index (χ4v) is 2.48. The molecule has 5 heteroatoms. The predicted octanol–water partition coefficient (Wildman–Crippen LogP) is 3.14. The Kier molecular flexibility index (Phi) is 6.89. The molecule has 25 heavy (non-hydrogen) atoms. The van der Waals surface area contributed by atoms with E-state index in [2.05, 4.69) is 29.4 Å². The molecule has 0 aliphatic heterocycles. The summed E-state index contributed by atoms with van der Waals surface area (Å²) in [4.78, 5) is 16.4. The number of carbonyl (C=O) groups excluding carboxylic acids is 1. The van der Waals surface area contributed by atoms with Crippen LogP contribution in [0.1, 0.15) is 24.0 Å². The second-order valence-corrected chi connectivity index (χ2v) is 5.85. The van der Waals surface area contributed by atoms with Gasteiger partial charge in [-0.15, -0.1) is 0 Å². The van der Waals surface area contributed by atoms with E-state index in [4.69, 9.17) is 11.1 Å². The second kappa shape index (κ2) is 9.37. The van der Waals surface area contributed by atoms with E-state index in [1.165, 1.54) is 11.1 Å². The Morgan fingerprint density at radius 1 is 1.08 bits per heavy atom. The van der Waals surface area contributed by atoms with Crippen LogP contribution in [-0.4, -0.2) is 24.0 Å². The lowest BCUT2D eigenvalue weighted by Crippen LogP contribution is -2.39. The largest absolute Gasteiger partial charge is 0.382 e. The number of amidine groups is 1. The number of para-hydroxylation sites is 1. The summed E-state index contributed by atoms with van der Waals surface area (Å²) in [5, 5.41) is 10.4. The van der Waals surface area contributed by atoms with Crippen molar-refractivity contribution < 1.29 is 4.79 Å². The standard InChI is InChI=1S/C20H24N4O/c1-15-9-5-6-10-16(15)11-7-8-14-23-20(25)18(19(21)22)24-17-12-3-2-4-13-17/h2-6,9-10,12-13H,7-8,11,14H2,1H3,(H3,21,22)(H,23,25). The van der Waals surface area contributed by atoms with E-state index in [0.29, 0.717) is 12.2 Å². The van der Waals surface area contributed by atoms with Crippen molar-refractivity contribution in [3.63, 3.8) is 0 Å². The predicted molar refractivity (Wildman–Crippen MR) is 103 cm³/mol. The summed E-state index contributed by atoms with van der Waals surface area (Å²) in [6.07, 6.45) is 2.83. The summed E-state index contributed by atoms with van der Waals surface area (Å²) in [6.45, 7) is 2.64. The highest BCUT2D eigenvalue weighted by molar-refractivity contribution is 6.65. The van der Waals surface area contributed by atoms with E-state index in [9.17, 15) is 4.79 Å². The number of nitrogens with two attached hydrogens (primary N) is 1. The quantitative estimate of drug-likeness (QED) is 0.392. The molecule has 1 amide bonds. The minimum absolute atomic E-state index is 0.0508. The molecule has 0 radical (unpaired) electrons. The van der Waals surface area contributed by atoms with E-state index in [1.54, 1.807) is 12.1 Å². The summed E-state index contributed by atoms with van der Waals surface area (Å²) < 4.78 is 0. The van der Waals surface area contributed by atoms with E-state index in [-0.39, 0.29) is 11.5 Å². The van der Waals surface area contributed by atoms with Crippen LogP contribution in [0.25, 0.3) is 0 Å². The molecule has 130 valence electrons. The van der Waals surface area contributed by atoms with E-state index in [1.807, 2.05) is 30.3 Å². The average molecular weight is 336 g/mol.